The summed E-state index contributed by atoms with van der Waals surface area (Å²) in [6.07, 6.45) is 4.49. The van der Waals surface area contributed by atoms with Crippen molar-refractivity contribution < 1.29 is 0 Å². The second kappa shape index (κ2) is 1.84. The first-order valence-electron chi connectivity index (χ1n) is 5.00. The summed E-state index contributed by atoms with van der Waals surface area (Å²) < 4.78 is 0. The van der Waals surface area contributed by atoms with Crippen molar-refractivity contribution in [2.75, 3.05) is 0 Å². The average molecular weight is 152 g/mol. The zero-order valence-electron chi connectivity index (χ0n) is 8.28. The molecule has 2 rings (SSSR count). The number of fused-ring (bicyclic) bond motifs is 1. The zero-order chi connectivity index (χ0) is 8.28. The van der Waals surface area contributed by atoms with E-state index in [4.69, 9.17) is 0 Å². The number of hydrogen-bond donors (Lipinski definition) is 0. The molecule has 11 heavy (non-hydrogen) atoms. The lowest BCUT2D eigenvalue weighted by molar-refractivity contribution is -0.223. The van der Waals surface area contributed by atoms with Crippen LogP contribution in [0.25, 0.3) is 0 Å². The summed E-state index contributed by atoms with van der Waals surface area (Å²) >= 11 is 0. The molecule has 0 aromatic heterocycles. The normalized spacial score (nSPS) is 54.8. The molecule has 0 saturated heterocycles. The second-order valence-electron chi connectivity index (χ2n) is 5.53. The third-order valence-corrected chi connectivity index (χ3v) is 4.87. The number of rotatable bonds is 1. The Morgan fingerprint density at radius 1 is 1.18 bits per heavy atom. The van der Waals surface area contributed by atoms with Crippen molar-refractivity contribution in [1.82, 2.24) is 0 Å². The molecule has 3 atom stereocenters. The molecule has 2 fully saturated rings. The summed E-state index contributed by atoms with van der Waals surface area (Å²) in [4.78, 5) is 0. The summed E-state index contributed by atoms with van der Waals surface area (Å²) in [5.41, 5.74) is 1.49. The van der Waals surface area contributed by atoms with Crippen LogP contribution < -0.4 is 0 Å². The van der Waals surface area contributed by atoms with Gasteiger partial charge in [0.15, 0.2) is 0 Å². The van der Waals surface area contributed by atoms with Crippen molar-refractivity contribution >= 4 is 0 Å². The quantitative estimate of drug-likeness (QED) is 0.539. The standard InChI is InChI=1S/C11H20/c1-8(2)9-7-10(3)5-6-11(9,10)4/h8-9H,5-7H2,1-4H3. The molecular formula is C11H20. The maximum atomic E-state index is 2.50. The lowest BCUT2D eigenvalue weighted by Gasteiger charge is -2.71. The predicted molar refractivity (Wildman–Crippen MR) is 48.4 cm³/mol. The van der Waals surface area contributed by atoms with Gasteiger partial charge in [-0.25, -0.2) is 0 Å². The van der Waals surface area contributed by atoms with E-state index in [-0.39, 0.29) is 0 Å². The molecule has 0 aromatic carbocycles. The van der Waals surface area contributed by atoms with Gasteiger partial charge in [0, 0.05) is 0 Å². The van der Waals surface area contributed by atoms with E-state index < -0.39 is 0 Å². The lowest BCUT2D eigenvalue weighted by atomic mass is 9.33. The van der Waals surface area contributed by atoms with Crippen LogP contribution >= 0.6 is 0 Å². The summed E-state index contributed by atoms with van der Waals surface area (Å²) in [7, 11) is 0. The summed E-state index contributed by atoms with van der Waals surface area (Å²) in [5, 5.41) is 0. The molecule has 0 amide bonds. The van der Waals surface area contributed by atoms with Crippen molar-refractivity contribution in [3.8, 4) is 0 Å². The van der Waals surface area contributed by atoms with Crippen LogP contribution in [0.2, 0.25) is 0 Å². The van der Waals surface area contributed by atoms with E-state index in [0.717, 1.165) is 22.7 Å². The Bertz CT molecular complexity index is 182. The molecule has 0 N–H and O–H groups in total. The molecule has 0 heterocycles. The topological polar surface area (TPSA) is 0 Å². The van der Waals surface area contributed by atoms with Gasteiger partial charge in [-0.05, 0) is 41.9 Å². The summed E-state index contributed by atoms with van der Waals surface area (Å²) in [5.74, 6) is 1.94. The molecule has 64 valence electrons. The Hall–Kier alpha value is 0. The van der Waals surface area contributed by atoms with E-state index in [9.17, 15) is 0 Å². The molecular weight excluding hydrogens is 132 g/mol. The Kier molecular flexibility index (Phi) is 1.28. The zero-order valence-corrected chi connectivity index (χ0v) is 8.28. The van der Waals surface area contributed by atoms with Gasteiger partial charge < -0.3 is 0 Å². The van der Waals surface area contributed by atoms with Crippen LogP contribution in [-0.4, -0.2) is 0 Å². The van der Waals surface area contributed by atoms with Crippen LogP contribution in [-0.2, 0) is 0 Å². The molecule has 0 aromatic rings. The highest BCUT2D eigenvalue weighted by Crippen LogP contribution is 2.74. The van der Waals surface area contributed by atoms with Crippen molar-refractivity contribution in [1.29, 1.82) is 0 Å². The summed E-state index contributed by atoms with van der Waals surface area (Å²) in [6.45, 7) is 9.75. The molecule has 0 nitrogen and oxygen atoms in total. The van der Waals surface area contributed by atoms with Crippen LogP contribution in [0.1, 0.15) is 47.0 Å². The van der Waals surface area contributed by atoms with Crippen LogP contribution in [0, 0.1) is 22.7 Å². The minimum Gasteiger partial charge on any atom is -0.0625 e. The third kappa shape index (κ3) is 0.666. The molecule has 2 saturated carbocycles. The highest BCUT2D eigenvalue weighted by atomic mass is 14.7. The smallest absolute Gasteiger partial charge is 0.0241 e. The predicted octanol–water partition coefficient (Wildman–Crippen LogP) is 3.47. The monoisotopic (exact) mass is 152 g/mol. The van der Waals surface area contributed by atoms with Gasteiger partial charge >= 0.3 is 0 Å². The van der Waals surface area contributed by atoms with E-state index in [1.54, 1.807) is 0 Å². The largest absolute Gasteiger partial charge is 0.0625 e. The Balaban J connectivity index is 2.12. The van der Waals surface area contributed by atoms with Crippen LogP contribution in [0.3, 0.4) is 0 Å². The van der Waals surface area contributed by atoms with E-state index >= 15 is 0 Å². The van der Waals surface area contributed by atoms with Gasteiger partial charge in [-0.3, -0.25) is 0 Å². The maximum absolute atomic E-state index is 2.50. The molecule has 3 unspecified atom stereocenters. The first-order chi connectivity index (χ1) is 5.00. The highest BCUT2D eigenvalue weighted by Gasteiger charge is 2.65. The number of hydrogen-bond acceptors (Lipinski definition) is 0. The highest BCUT2D eigenvalue weighted by molar-refractivity contribution is 5.14. The van der Waals surface area contributed by atoms with E-state index in [2.05, 4.69) is 27.7 Å². The minimum atomic E-state index is 0.737. The maximum Gasteiger partial charge on any atom is -0.0241 e. The average Bonchev–Trinajstić information content (AvgIpc) is 1.96. The molecule has 2 aliphatic carbocycles. The van der Waals surface area contributed by atoms with Gasteiger partial charge in [0.1, 0.15) is 0 Å². The van der Waals surface area contributed by atoms with E-state index in [1.165, 1.54) is 19.3 Å². The van der Waals surface area contributed by atoms with Crippen LogP contribution in [0.15, 0.2) is 0 Å². The first-order valence-corrected chi connectivity index (χ1v) is 5.00. The summed E-state index contributed by atoms with van der Waals surface area (Å²) in [6, 6.07) is 0. The fraction of sp³-hybridized carbons (Fsp3) is 1.00. The van der Waals surface area contributed by atoms with Crippen LogP contribution in [0.5, 0.6) is 0 Å². The second-order valence-corrected chi connectivity index (χ2v) is 5.53. The van der Waals surface area contributed by atoms with Gasteiger partial charge in [0.05, 0.1) is 0 Å². The molecule has 0 aliphatic heterocycles. The van der Waals surface area contributed by atoms with Gasteiger partial charge in [-0.1, -0.05) is 27.7 Å². The van der Waals surface area contributed by atoms with Crippen molar-refractivity contribution in [2.24, 2.45) is 22.7 Å². The fourth-order valence-electron chi connectivity index (χ4n) is 3.47. The van der Waals surface area contributed by atoms with E-state index in [0.29, 0.717) is 0 Å². The molecule has 0 spiro atoms. The van der Waals surface area contributed by atoms with Crippen molar-refractivity contribution in [3.05, 3.63) is 0 Å². The first kappa shape index (κ1) is 7.64. The third-order valence-electron chi connectivity index (χ3n) is 4.87. The van der Waals surface area contributed by atoms with Gasteiger partial charge in [0.25, 0.3) is 0 Å². The Labute approximate surface area is 70.4 Å². The van der Waals surface area contributed by atoms with Gasteiger partial charge in [-0.2, -0.15) is 0 Å². The van der Waals surface area contributed by atoms with E-state index in [1.807, 2.05) is 0 Å². The molecule has 0 radical (unpaired) electrons. The van der Waals surface area contributed by atoms with Crippen molar-refractivity contribution in [2.45, 2.75) is 47.0 Å². The minimum absolute atomic E-state index is 0.737. The lowest BCUT2D eigenvalue weighted by Crippen LogP contribution is -2.63. The Morgan fingerprint density at radius 3 is 1.91 bits per heavy atom. The fourth-order valence-corrected chi connectivity index (χ4v) is 3.47. The Morgan fingerprint density at radius 2 is 1.82 bits per heavy atom. The molecule has 0 bridgehead atoms. The van der Waals surface area contributed by atoms with Crippen LogP contribution in [0.4, 0.5) is 0 Å². The van der Waals surface area contributed by atoms with Gasteiger partial charge in [-0.15, -0.1) is 0 Å². The van der Waals surface area contributed by atoms with Crippen molar-refractivity contribution in [3.63, 3.8) is 0 Å². The molecule has 0 heteroatoms. The van der Waals surface area contributed by atoms with Gasteiger partial charge in [0.2, 0.25) is 0 Å². The SMILES string of the molecule is CC(C)C1CC2(C)CCC12C. The molecule has 2 aliphatic rings.